The van der Waals surface area contributed by atoms with Crippen LogP contribution in [0.3, 0.4) is 0 Å². The van der Waals surface area contributed by atoms with E-state index in [0.717, 1.165) is 14.4 Å². The van der Waals surface area contributed by atoms with Gasteiger partial charge in [0, 0.05) is 12.6 Å². The van der Waals surface area contributed by atoms with Crippen LogP contribution < -0.4 is 5.32 Å². The molecule has 1 aromatic carbocycles. The Morgan fingerprint density at radius 1 is 1.11 bits per heavy atom. The van der Waals surface area contributed by atoms with Crippen molar-refractivity contribution in [1.29, 1.82) is 0 Å². The van der Waals surface area contributed by atoms with E-state index < -0.39 is 0 Å². The van der Waals surface area contributed by atoms with Crippen molar-refractivity contribution in [2.75, 3.05) is 18.9 Å². The first-order valence-corrected chi connectivity index (χ1v) is 11.0. The van der Waals surface area contributed by atoms with Crippen molar-refractivity contribution < 1.29 is 9.59 Å². The molecule has 0 saturated heterocycles. The lowest BCUT2D eigenvalue weighted by molar-refractivity contribution is -0.116. The molecule has 0 aliphatic heterocycles. The third kappa shape index (κ3) is 5.03. The van der Waals surface area contributed by atoms with Crippen LogP contribution in [0.15, 0.2) is 40.2 Å². The molecule has 0 aliphatic carbocycles. The van der Waals surface area contributed by atoms with Crippen LogP contribution in [0.2, 0.25) is 0 Å². The van der Waals surface area contributed by atoms with Gasteiger partial charge in [0.25, 0.3) is 5.91 Å². The Hall–Kier alpha value is -2.10. The van der Waals surface area contributed by atoms with Crippen LogP contribution in [0.5, 0.6) is 0 Å². The smallest absolute Gasteiger partial charge is 0.264 e. The minimum absolute atomic E-state index is 0.0631. The van der Waals surface area contributed by atoms with Gasteiger partial charge in [-0.25, -0.2) is 0 Å². The first-order valence-electron chi connectivity index (χ1n) is 8.58. The average Bonchev–Trinajstić information content (AvgIpc) is 3.30. The summed E-state index contributed by atoms with van der Waals surface area (Å²) in [5.74, 6) is -0.0494. The molecule has 9 heteroatoms. The summed E-state index contributed by atoms with van der Waals surface area (Å²) in [5, 5.41) is 12.0. The molecule has 0 atom stereocenters. The highest BCUT2D eigenvalue weighted by Crippen LogP contribution is 2.28. The number of benzene rings is 1. The zero-order valence-corrected chi connectivity index (χ0v) is 18.8. The van der Waals surface area contributed by atoms with E-state index in [4.69, 9.17) is 0 Å². The van der Waals surface area contributed by atoms with Gasteiger partial charge >= 0.3 is 0 Å². The Balaban J connectivity index is 1.59. The Kier molecular flexibility index (Phi) is 6.58. The summed E-state index contributed by atoms with van der Waals surface area (Å²) in [7, 11) is 1.59. The maximum absolute atomic E-state index is 12.3. The molecular formula is C19H19BrN4O2S2. The standard InChI is InChI=1S/C19H19BrN4O2S2/c1-11(2)12-4-6-13(7-5-12)17-22-23-19(28-17)21-16(25)10-24(3)18(26)14-8-9-15(20)27-14/h4-9,11H,10H2,1-3H3,(H,21,23,25). The van der Waals surface area contributed by atoms with Crippen LogP contribution in [-0.2, 0) is 4.79 Å². The number of carbonyl (C=O) groups excluding carboxylic acids is 2. The van der Waals surface area contributed by atoms with Crippen molar-refractivity contribution in [3.8, 4) is 10.6 Å². The van der Waals surface area contributed by atoms with Crippen molar-refractivity contribution in [2.45, 2.75) is 19.8 Å². The van der Waals surface area contributed by atoms with Gasteiger partial charge in [0.05, 0.1) is 15.2 Å². The fourth-order valence-corrected chi connectivity index (χ4v) is 4.61. The molecule has 0 unspecified atom stereocenters. The number of nitrogens with zero attached hydrogens (tertiary/aromatic N) is 3. The summed E-state index contributed by atoms with van der Waals surface area (Å²) in [6, 6.07) is 11.7. The summed E-state index contributed by atoms with van der Waals surface area (Å²) in [5.41, 5.74) is 2.21. The minimum Gasteiger partial charge on any atom is -0.332 e. The highest BCUT2D eigenvalue weighted by molar-refractivity contribution is 9.11. The Morgan fingerprint density at radius 3 is 2.43 bits per heavy atom. The molecule has 0 fully saturated rings. The molecule has 2 heterocycles. The predicted molar refractivity (Wildman–Crippen MR) is 117 cm³/mol. The van der Waals surface area contributed by atoms with E-state index in [1.807, 2.05) is 18.2 Å². The Bertz CT molecular complexity index is 982. The van der Waals surface area contributed by atoms with Gasteiger partial charge in [-0.1, -0.05) is 49.4 Å². The van der Waals surface area contributed by atoms with Gasteiger partial charge in [0.2, 0.25) is 11.0 Å². The van der Waals surface area contributed by atoms with E-state index in [-0.39, 0.29) is 18.4 Å². The molecule has 0 aliphatic rings. The maximum Gasteiger partial charge on any atom is 0.264 e. The molecule has 1 N–H and O–H groups in total. The number of rotatable bonds is 6. The van der Waals surface area contributed by atoms with Gasteiger partial charge in [0.15, 0.2) is 0 Å². The molecule has 0 saturated carbocycles. The lowest BCUT2D eigenvalue weighted by atomic mass is 10.0. The molecule has 2 amide bonds. The number of anilines is 1. The van der Waals surface area contributed by atoms with Crippen molar-refractivity contribution in [1.82, 2.24) is 15.1 Å². The fraction of sp³-hybridized carbons (Fsp3) is 0.263. The Labute approximate surface area is 179 Å². The maximum atomic E-state index is 12.3. The van der Waals surface area contributed by atoms with Crippen molar-refractivity contribution in [3.05, 3.63) is 50.6 Å². The number of thiophene rings is 1. The van der Waals surface area contributed by atoms with Gasteiger partial charge in [-0.2, -0.15) is 0 Å². The number of amides is 2. The lowest BCUT2D eigenvalue weighted by Crippen LogP contribution is -2.34. The van der Waals surface area contributed by atoms with Gasteiger partial charge < -0.3 is 4.90 Å². The zero-order chi connectivity index (χ0) is 20.3. The summed E-state index contributed by atoms with van der Waals surface area (Å²) < 4.78 is 0.872. The molecule has 146 valence electrons. The number of aromatic nitrogens is 2. The molecule has 0 bridgehead atoms. The molecule has 6 nitrogen and oxygen atoms in total. The van der Waals surface area contributed by atoms with Crippen LogP contribution >= 0.6 is 38.6 Å². The largest absolute Gasteiger partial charge is 0.332 e. The second-order valence-corrected chi connectivity index (χ2v) is 9.94. The van der Waals surface area contributed by atoms with Gasteiger partial charge in [-0.15, -0.1) is 21.5 Å². The van der Waals surface area contributed by atoms with E-state index >= 15 is 0 Å². The number of carbonyl (C=O) groups is 2. The van der Waals surface area contributed by atoms with Crippen molar-refractivity contribution in [2.24, 2.45) is 0 Å². The lowest BCUT2D eigenvalue weighted by Gasteiger charge is -2.14. The van der Waals surface area contributed by atoms with Crippen molar-refractivity contribution >= 4 is 55.5 Å². The number of halogens is 1. The Morgan fingerprint density at radius 2 is 1.82 bits per heavy atom. The highest BCUT2D eigenvalue weighted by atomic mass is 79.9. The molecule has 0 radical (unpaired) electrons. The summed E-state index contributed by atoms with van der Waals surface area (Å²) >= 11 is 5.97. The van der Waals surface area contributed by atoms with E-state index in [2.05, 4.69) is 57.4 Å². The van der Waals surface area contributed by atoms with Crippen LogP contribution in [0, 0.1) is 0 Å². The van der Waals surface area contributed by atoms with Gasteiger partial charge in [-0.05, 0) is 39.5 Å². The molecule has 28 heavy (non-hydrogen) atoms. The molecule has 3 rings (SSSR count). The van der Waals surface area contributed by atoms with Crippen LogP contribution in [-0.4, -0.2) is 40.5 Å². The first kappa shape index (κ1) is 20.6. The number of hydrogen-bond acceptors (Lipinski definition) is 6. The SMILES string of the molecule is CC(C)c1ccc(-c2nnc(NC(=O)CN(C)C(=O)c3ccc(Br)s3)s2)cc1. The number of nitrogens with one attached hydrogen (secondary N) is 1. The monoisotopic (exact) mass is 478 g/mol. The quantitative estimate of drug-likeness (QED) is 0.548. The highest BCUT2D eigenvalue weighted by Gasteiger charge is 2.18. The minimum atomic E-state index is -0.315. The van der Waals surface area contributed by atoms with Crippen LogP contribution in [0.1, 0.15) is 35.0 Å². The fourth-order valence-electron chi connectivity index (χ4n) is 2.46. The van der Waals surface area contributed by atoms with E-state index in [0.29, 0.717) is 15.9 Å². The number of hydrogen-bond donors (Lipinski definition) is 1. The average molecular weight is 479 g/mol. The second kappa shape index (κ2) is 8.93. The summed E-state index contributed by atoms with van der Waals surface area (Å²) in [4.78, 5) is 26.5. The molecule has 2 aromatic heterocycles. The molecular weight excluding hydrogens is 460 g/mol. The van der Waals surface area contributed by atoms with E-state index in [1.165, 1.54) is 33.1 Å². The van der Waals surface area contributed by atoms with Gasteiger partial charge in [-0.3, -0.25) is 14.9 Å². The third-order valence-electron chi connectivity index (χ3n) is 4.01. The topological polar surface area (TPSA) is 75.2 Å². The summed E-state index contributed by atoms with van der Waals surface area (Å²) in [6.07, 6.45) is 0. The third-order valence-corrected chi connectivity index (χ3v) is 6.51. The van der Waals surface area contributed by atoms with E-state index in [9.17, 15) is 9.59 Å². The zero-order valence-electron chi connectivity index (χ0n) is 15.6. The second-order valence-electron chi connectivity index (χ2n) is 6.50. The molecule has 0 spiro atoms. The van der Waals surface area contributed by atoms with Crippen molar-refractivity contribution in [3.63, 3.8) is 0 Å². The first-order chi connectivity index (χ1) is 13.3. The predicted octanol–water partition coefficient (Wildman–Crippen LogP) is 4.86. The number of likely N-dealkylation sites (N-methyl/N-ethyl adjacent to an activating group) is 1. The summed E-state index contributed by atoms with van der Waals surface area (Å²) in [6.45, 7) is 4.23. The van der Waals surface area contributed by atoms with Crippen LogP contribution in [0.25, 0.3) is 10.6 Å². The van der Waals surface area contributed by atoms with Gasteiger partial charge in [0.1, 0.15) is 5.01 Å². The van der Waals surface area contributed by atoms with Crippen LogP contribution in [0.4, 0.5) is 5.13 Å². The normalized spacial score (nSPS) is 10.9. The molecule has 3 aromatic rings. The van der Waals surface area contributed by atoms with E-state index in [1.54, 1.807) is 13.1 Å².